The van der Waals surface area contributed by atoms with Gasteiger partial charge in [-0.25, -0.2) is 0 Å². The van der Waals surface area contributed by atoms with Gasteiger partial charge in [0.15, 0.2) is 0 Å². The Bertz CT molecular complexity index is 219. The number of nitrogens with two attached hydrogens (primary N) is 1. The zero-order chi connectivity index (χ0) is 10.1. The Labute approximate surface area is 85.0 Å². The third kappa shape index (κ3) is 1.54. The molecule has 2 bridgehead atoms. The lowest BCUT2D eigenvalue weighted by Gasteiger charge is -2.45. The van der Waals surface area contributed by atoms with Crippen molar-refractivity contribution in [3.05, 3.63) is 0 Å². The van der Waals surface area contributed by atoms with Crippen LogP contribution >= 0.6 is 0 Å². The molecule has 2 N–H and O–H groups in total. The Hall–Kier alpha value is -0.570. The van der Waals surface area contributed by atoms with Crippen LogP contribution in [0.4, 0.5) is 0 Å². The van der Waals surface area contributed by atoms with Gasteiger partial charge in [0.05, 0.1) is 12.5 Å². The molecule has 3 rings (SSSR count). The van der Waals surface area contributed by atoms with Gasteiger partial charge in [-0.15, -0.1) is 0 Å². The minimum atomic E-state index is -0.0607. The molecule has 3 nitrogen and oxygen atoms in total. The van der Waals surface area contributed by atoms with E-state index < -0.39 is 0 Å². The minimum absolute atomic E-state index is 0.0116. The Kier molecular flexibility index (Phi) is 2.77. The first-order valence-corrected chi connectivity index (χ1v) is 5.66. The molecule has 0 radical (unpaired) electrons. The molecule has 0 aromatic rings. The lowest BCUT2D eigenvalue weighted by Crippen LogP contribution is -2.52. The van der Waals surface area contributed by atoms with E-state index in [0.29, 0.717) is 18.4 Å². The average molecular weight is 197 g/mol. The normalized spacial score (nSPS) is 41.0. The van der Waals surface area contributed by atoms with Crippen molar-refractivity contribution < 1.29 is 9.53 Å². The van der Waals surface area contributed by atoms with Crippen molar-refractivity contribution in [2.24, 2.45) is 23.5 Å². The average Bonchev–Trinajstić information content (AvgIpc) is 2.19. The molecule has 3 saturated carbocycles. The molecule has 0 aliphatic heterocycles. The molecule has 0 heterocycles. The molecule has 1 unspecified atom stereocenters. The largest absolute Gasteiger partial charge is 0.466 e. The van der Waals surface area contributed by atoms with Crippen LogP contribution in [0, 0.1) is 17.8 Å². The summed E-state index contributed by atoms with van der Waals surface area (Å²) in [7, 11) is 0. The van der Waals surface area contributed by atoms with E-state index in [0.717, 1.165) is 0 Å². The topological polar surface area (TPSA) is 52.3 Å². The van der Waals surface area contributed by atoms with Gasteiger partial charge >= 0.3 is 5.97 Å². The number of carbonyl (C=O) groups is 1. The van der Waals surface area contributed by atoms with Crippen LogP contribution in [0.15, 0.2) is 0 Å². The van der Waals surface area contributed by atoms with Crippen LogP contribution in [0.5, 0.6) is 0 Å². The second-order valence-electron chi connectivity index (χ2n) is 4.53. The molecule has 3 heteroatoms. The van der Waals surface area contributed by atoms with Crippen molar-refractivity contribution in [2.45, 2.75) is 38.6 Å². The van der Waals surface area contributed by atoms with Crippen LogP contribution in [0.3, 0.4) is 0 Å². The number of hydrogen-bond donors (Lipinski definition) is 1. The maximum atomic E-state index is 11.7. The lowest BCUT2D eigenvalue weighted by molar-refractivity contribution is -0.155. The zero-order valence-corrected chi connectivity index (χ0v) is 8.74. The van der Waals surface area contributed by atoms with E-state index in [-0.39, 0.29) is 17.9 Å². The number of rotatable bonds is 2. The molecule has 0 aromatic heterocycles. The fraction of sp³-hybridized carbons (Fsp3) is 0.909. The summed E-state index contributed by atoms with van der Waals surface area (Å²) in [6.07, 6.45) is 4.76. The minimum Gasteiger partial charge on any atom is -0.466 e. The molecule has 14 heavy (non-hydrogen) atoms. The van der Waals surface area contributed by atoms with Crippen LogP contribution in [0.1, 0.15) is 32.6 Å². The first-order valence-electron chi connectivity index (χ1n) is 5.66. The molecule has 0 aromatic carbocycles. The lowest BCUT2D eigenvalue weighted by atomic mass is 9.62. The number of fused-ring (bicyclic) bond motifs is 3. The predicted molar refractivity (Wildman–Crippen MR) is 53.5 cm³/mol. The smallest absolute Gasteiger partial charge is 0.310 e. The molecule has 3 fully saturated rings. The first-order chi connectivity index (χ1) is 6.74. The van der Waals surface area contributed by atoms with E-state index in [4.69, 9.17) is 10.5 Å². The summed E-state index contributed by atoms with van der Waals surface area (Å²) >= 11 is 0. The van der Waals surface area contributed by atoms with Crippen LogP contribution in [-0.4, -0.2) is 18.6 Å². The molecule has 80 valence electrons. The number of esters is 1. The molecule has 3 aliphatic carbocycles. The van der Waals surface area contributed by atoms with Gasteiger partial charge in [-0.1, -0.05) is 0 Å². The summed E-state index contributed by atoms with van der Waals surface area (Å²) in [5.41, 5.74) is 6.09. The van der Waals surface area contributed by atoms with Crippen molar-refractivity contribution in [1.82, 2.24) is 0 Å². The monoisotopic (exact) mass is 197 g/mol. The van der Waals surface area contributed by atoms with Gasteiger partial charge in [0.25, 0.3) is 0 Å². The molecule has 3 aliphatic rings. The molecular formula is C11H19NO2. The first kappa shape index (κ1) is 9.97. The molecular weight excluding hydrogens is 178 g/mol. The number of hydrogen-bond acceptors (Lipinski definition) is 3. The van der Waals surface area contributed by atoms with E-state index in [9.17, 15) is 4.79 Å². The molecule has 0 amide bonds. The van der Waals surface area contributed by atoms with Gasteiger partial charge in [-0.3, -0.25) is 4.79 Å². The van der Waals surface area contributed by atoms with Crippen molar-refractivity contribution in [3.8, 4) is 0 Å². The van der Waals surface area contributed by atoms with Crippen LogP contribution in [-0.2, 0) is 9.53 Å². The maximum Gasteiger partial charge on any atom is 0.310 e. The molecule has 2 atom stereocenters. The Balaban J connectivity index is 2.06. The van der Waals surface area contributed by atoms with Gasteiger partial charge in [0, 0.05) is 6.04 Å². The van der Waals surface area contributed by atoms with Crippen molar-refractivity contribution >= 4 is 5.97 Å². The van der Waals surface area contributed by atoms with Crippen molar-refractivity contribution in [1.29, 1.82) is 0 Å². The Morgan fingerprint density at radius 2 is 1.86 bits per heavy atom. The van der Waals surface area contributed by atoms with Gasteiger partial charge in [-0.2, -0.15) is 0 Å². The summed E-state index contributed by atoms with van der Waals surface area (Å²) in [5, 5.41) is 0. The second-order valence-corrected chi connectivity index (χ2v) is 4.53. The summed E-state index contributed by atoms with van der Waals surface area (Å²) < 4.78 is 5.09. The Morgan fingerprint density at radius 1 is 1.29 bits per heavy atom. The summed E-state index contributed by atoms with van der Waals surface area (Å²) in [6, 6.07) is 0.0570. The van der Waals surface area contributed by atoms with Crippen molar-refractivity contribution in [3.63, 3.8) is 0 Å². The highest BCUT2D eigenvalue weighted by molar-refractivity contribution is 5.74. The SMILES string of the molecule is CCOC(=O)[C@H]1C2CCC(CC2)C1N. The summed E-state index contributed by atoms with van der Waals surface area (Å²) in [5.74, 6) is 0.986. The highest BCUT2D eigenvalue weighted by Crippen LogP contribution is 2.44. The fourth-order valence-electron chi connectivity index (χ4n) is 3.08. The van der Waals surface area contributed by atoms with E-state index >= 15 is 0 Å². The van der Waals surface area contributed by atoms with Gasteiger partial charge in [0.1, 0.15) is 0 Å². The van der Waals surface area contributed by atoms with E-state index in [1.54, 1.807) is 0 Å². The number of ether oxygens (including phenoxy) is 1. The third-order valence-electron chi connectivity index (χ3n) is 3.84. The predicted octanol–water partition coefficient (Wildman–Crippen LogP) is 1.31. The summed E-state index contributed by atoms with van der Waals surface area (Å²) in [4.78, 5) is 11.7. The highest BCUT2D eigenvalue weighted by Gasteiger charge is 2.45. The Morgan fingerprint density at radius 3 is 2.36 bits per heavy atom. The molecule has 0 spiro atoms. The van der Waals surface area contributed by atoms with Crippen LogP contribution < -0.4 is 5.73 Å². The van der Waals surface area contributed by atoms with Gasteiger partial charge < -0.3 is 10.5 Å². The quantitative estimate of drug-likeness (QED) is 0.679. The standard InChI is InChI=1S/C11H19NO2/c1-2-14-11(13)9-7-3-5-8(6-4-7)10(9)12/h7-10H,2-6,12H2,1H3/t7?,8?,9-,10?/m0/s1. The van der Waals surface area contributed by atoms with Crippen molar-refractivity contribution in [2.75, 3.05) is 6.61 Å². The fourth-order valence-corrected chi connectivity index (χ4v) is 3.08. The van der Waals surface area contributed by atoms with Gasteiger partial charge in [-0.05, 0) is 44.4 Å². The number of carbonyl (C=O) groups excluding carboxylic acids is 1. The van der Waals surface area contributed by atoms with Gasteiger partial charge in [0.2, 0.25) is 0 Å². The summed E-state index contributed by atoms with van der Waals surface area (Å²) in [6.45, 7) is 2.32. The van der Waals surface area contributed by atoms with E-state index in [1.807, 2.05) is 6.92 Å². The highest BCUT2D eigenvalue weighted by atomic mass is 16.5. The van der Waals surface area contributed by atoms with E-state index in [2.05, 4.69) is 0 Å². The zero-order valence-electron chi connectivity index (χ0n) is 8.74. The molecule has 0 saturated heterocycles. The van der Waals surface area contributed by atoms with Crippen LogP contribution in [0.2, 0.25) is 0 Å². The third-order valence-corrected chi connectivity index (χ3v) is 3.84. The maximum absolute atomic E-state index is 11.7. The van der Waals surface area contributed by atoms with Crippen LogP contribution in [0.25, 0.3) is 0 Å². The van der Waals surface area contributed by atoms with E-state index in [1.165, 1.54) is 25.7 Å². The second kappa shape index (κ2) is 3.89.